The number of aliphatic hydroxyl groups is 1. The Balaban J connectivity index is 2.24. The molecule has 2 nitrogen and oxygen atoms in total. The van der Waals surface area contributed by atoms with E-state index in [1.54, 1.807) is 18.2 Å². The van der Waals surface area contributed by atoms with Crippen molar-refractivity contribution in [3.63, 3.8) is 0 Å². The first kappa shape index (κ1) is 13.8. The molecule has 1 atom stereocenters. The number of hydrogen-bond donors (Lipinski definition) is 2. The summed E-state index contributed by atoms with van der Waals surface area (Å²) in [5.74, 6) is -0.308. The Morgan fingerprint density at radius 2 is 1.89 bits per heavy atom. The number of benzene rings is 2. The highest BCUT2D eigenvalue weighted by molar-refractivity contribution is 6.30. The van der Waals surface area contributed by atoms with Gasteiger partial charge in [0.2, 0.25) is 0 Å². The highest BCUT2D eigenvalue weighted by Gasteiger charge is 2.13. The van der Waals surface area contributed by atoms with Gasteiger partial charge in [0.1, 0.15) is 5.82 Å². The Morgan fingerprint density at radius 1 is 1.21 bits per heavy atom. The smallest absolute Gasteiger partial charge is 0.123 e. The Bertz CT molecular complexity index is 557. The van der Waals surface area contributed by atoms with Crippen LogP contribution in [-0.2, 0) is 0 Å². The number of hydrogen-bond acceptors (Lipinski definition) is 2. The lowest BCUT2D eigenvalue weighted by Gasteiger charge is -2.20. The van der Waals surface area contributed by atoms with Crippen LogP contribution >= 0.6 is 11.6 Å². The first-order chi connectivity index (χ1) is 9.10. The van der Waals surface area contributed by atoms with Crippen LogP contribution in [0.1, 0.15) is 17.2 Å². The minimum atomic E-state index is -0.350. The molecule has 0 aliphatic carbocycles. The topological polar surface area (TPSA) is 32.3 Å². The molecule has 19 heavy (non-hydrogen) atoms. The Hall–Kier alpha value is -1.58. The van der Waals surface area contributed by atoms with Crippen LogP contribution in [0.15, 0.2) is 42.5 Å². The van der Waals surface area contributed by atoms with Crippen LogP contribution in [0.2, 0.25) is 5.02 Å². The lowest BCUT2D eigenvalue weighted by molar-refractivity contribution is 0.276. The zero-order valence-corrected chi connectivity index (χ0v) is 11.3. The molecule has 0 bridgehead atoms. The van der Waals surface area contributed by atoms with Gasteiger partial charge < -0.3 is 10.4 Å². The monoisotopic (exact) mass is 279 g/mol. The normalized spacial score (nSPS) is 12.2. The van der Waals surface area contributed by atoms with E-state index in [2.05, 4.69) is 5.32 Å². The van der Waals surface area contributed by atoms with Gasteiger partial charge in [0.25, 0.3) is 0 Å². The van der Waals surface area contributed by atoms with E-state index in [0.29, 0.717) is 5.02 Å². The summed E-state index contributed by atoms with van der Waals surface area (Å²) in [7, 11) is 0. The maximum Gasteiger partial charge on any atom is 0.123 e. The van der Waals surface area contributed by atoms with Crippen molar-refractivity contribution in [2.24, 2.45) is 0 Å². The first-order valence-corrected chi connectivity index (χ1v) is 6.37. The molecule has 0 aromatic heterocycles. The van der Waals surface area contributed by atoms with E-state index in [-0.39, 0.29) is 18.5 Å². The predicted molar refractivity (Wildman–Crippen MR) is 76.0 cm³/mol. The zero-order chi connectivity index (χ0) is 13.8. The number of anilines is 1. The Labute approximate surface area is 116 Å². The molecule has 0 saturated heterocycles. The average molecular weight is 280 g/mol. The lowest BCUT2D eigenvalue weighted by atomic mass is 10.0. The first-order valence-electron chi connectivity index (χ1n) is 5.99. The van der Waals surface area contributed by atoms with E-state index < -0.39 is 0 Å². The highest BCUT2D eigenvalue weighted by Crippen LogP contribution is 2.24. The van der Waals surface area contributed by atoms with E-state index in [1.165, 1.54) is 12.1 Å². The summed E-state index contributed by atoms with van der Waals surface area (Å²) in [4.78, 5) is 0. The zero-order valence-electron chi connectivity index (χ0n) is 10.5. The summed E-state index contributed by atoms with van der Waals surface area (Å²) in [6, 6.07) is 11.4. The lowest BCUT2D eigenvalue weighted by Crippen LogP contribution is -2.16. The summed E-state index contributed by atoms with van der Waals surface area (Å²) >= 11 is 5.82. The molecule has 1 unspecified atom stereocenters. The van der Waals surface area contributed by atoms with Crippen molar-refractivity contribution in [1.82, 2.24) is 0 Å². The molecule has 0 spiro atoms. The number of aryl methyl sites for hydroxylation is 1. The highest BCUT2D eigenvalue weighted by atomic mass is 35.5. The second kappa shape index (κ2) is 6.04. The van der Waals surface area contributed by atoms with E-state index in [4.69, 9.17) is 11.6 Å². The van der Waals surface area contributed by atoms with E-state index in [0.717, 1.165) is 16.8 Å². The van der Waals surface area contributed by atoms with Gasteiger partial charge in [0.15, 0.2) is 0 Å². The quantitative estimate of drug-likeness (QED) is 0.889. The summed E-state index contributed by atoms with van der Waals surface area (Å²) in [5.41, 5.74) is 2.51. The van der Waals surface area contributed by atoms with Crippen molar-refractivity contribution >= 4 is 17.3 Å². The molecule has 0 amide bonds. The van der Waals surface area contributed by atoms with Crippen molar-refractivity contribution in [3.8, 4) is 0 Å². The molecule has 0 fully saturated rings. The fourth-order valence-corrected chi connectivity index (χ4v) is 2.08. The molecule has 0 heterocycles. The largest absolute Gasteiger partial charge is 0.394 e. The van der Waals surface area contributed by atoms with E-state index in [1.807, 2.05) is 19.1 Å². The molecule has 0 radical (unpaired) electrons. The second-order valence-corrected chi connectivity index (χ2v) is 4.82. The molecule has 2 aromatic rings. The molecule has 4 heteroatoms. The SMILES string of the molecule is Cc1ccc(F)cc1C(CO)Nc1ccc(Cl)cc1. The average Bonchev–Trinajstić information content (AvgIpc) is 2.41. The third-order valence-electron chi connectivity index (χ3n) is 2.98. The molecule has 2 rings (SSSR count). The number of rotatable bonds is 4. The fraction of sp³-hybridized carbons (Fsp3) is 0.200. The van der Waals surface area contributed by atoms with Crippen LogP contribution in [0.5, 0.6) is 0 Å². The predicted octanol–water partition coefficient (Wildman–Crippen LogP) is 3.93. The van der Waals surface area contributed by atoms with Crippen LogP contribution in [0.25, 0.3) is 0 Å². The van der Waals surface area contributed by atoms with Gasteiger partial charge in [-0.3, -0.25) is 0 Å². The Kier molecular flexibility index (Phi) is 4.40. The Morgan fingerprint density at radius 3 is 2.53 bits per heavy atom. The van der Waals surface area contributed by atoms with Gasteiger partial charge in [0, 0.05) is 10.7 Å². The minimum Gasteiger partial charge on any atom is -0.394 e. The standard InChI is InChI=1S/C15H15ClFNO/c1-10-2-5-12(17)8-14(10)15(9-19)18-13-6-3-11(16)4-7-13/h2-8,15,18-19H,9H2,1H3. The molecular formula is C15H15ClFNO. The van der Waals surface area contributed by atoms with Crippen LogP contribution in [0.3, 0.4) is 0 Å². The summed E-state index contributed by atoms with van der Waals surface area (Å²) in [5, 5.41) is 13.3. The van der Waals surface area contributed by atoms with Crippen molar-refractivity contribution < 1.29 is 9.50 Å². The van der Waals surface area contributed by atoms with Crippen LogP contribution < -0.4 is 5.32 Å². The van der Waals surface area contributed by atoms with Gasteiger partial charge in [-0.15, -0.1) is 0 Å². The molecule has 2 aromatic carbocycles. The van der Waals surface area contributed by atoms with Crippen molar-refractivity contribution in [3.05, 3.63) is 64.4 Å². The summed E-state index contributed by atoms with van der Waals surface area (Å²) in [6.45, 7) is 1.77. The van der Waals surface area contributed by atoms with Crippen molar-refractivity contribution in [1.29, 1.82) is 0 Å². The van der Waals surface area contributed by atoms with Crippen LogP contribution in [-0.4, -0.2) is 11.7 Å². The number of nitrogens with one attached hydrogen (secondary N) is 1. The van der Waals surface area contributed by atoms with Crippen molar-refractivity contribution in [2.45, 2.75) is 13.0 Å². The molecular weight excluding hydrogens is 265 g/mol. The van der Waals surface area contributed by atoms with Gasteiger partial charge in [-0.1, -0.05) is 17.7 Å². The van der Waals surface area contributed by atoms with Gasteiger partial charge in [-0.25, -0.2) is 4.39 Å². The van der Waals surface area contributed by atoms with Crippen LogP contribution in [0, 0.1) is 12.7 Å². The fourth-order valence-electron chi connectivity index (χ4n) is 1.96. The third-order valence-corrected chi connectivity index (χ3v) is 3.24. The van der Waals surface area contributed by atoms with Crippen molar-refractivity contribution in [2.75, 3.05) is 11.9 Å². The maximum atomic E-state index is 13.3. The molecule has 0 saturated carbocycles. The van der Waals surface area contributed by atoms with Gasteiger partial charge >= 0.3 is 0 Å². The van der Waals surface area contributed by atoms with Gasteiger partial charge in [-0.05, 0) is 54.4 Å². The van der Waals surface area contributed by atoms with Crippen LogP contribution in [0.4, 0.5) is 10.1 Å². The molecule has 2 N–H and O–H groups in total. The molecule has 0 aliphatic heterocycles. The van der Waals surface area contributed by atoms with Gasteiger partial charge in [0.05, 0.1) is 12.6 Å². The third kappa shape index (κ3) is 3.46. The molecule has 100 valence electrons. The summed E-state index contributed by atoms with van der Waals surface area (Å²) in [6.07, 6.45) is 0. The number of aliphatic hydroxyl groups excluding tert-OH is 1. The van der Waals surface area contributed by atoms with E-state index in [9.17, 15) is 9.50 Å². The van der Waals surface area contributed by atoms with E-state index >= 15 is 0 Å². The van der Waals surface area contributed by atoms with Gasteiger partial charge in [-0.2, -0.15) is 0 Å². The summed E-state index contributed by atoms with van der Waals surface area (Å²) < 4.78 is 13.3. The minimum absolute atomic E-state index is 0.118. The molecule has 0 aliphatic rings. The maximum absolute atomic E-state index is 13.3. The number of halogens is 2. The second-order valence-electron chi connectivity index (χ2n) is 4.39.